The first-order chi connectivity index (χ1) is 5.39. The van der Waals surface area contributed by atoms with Crippen molar-refractivity contribution in [2.24, 2.45) is 0 Å². The smallest absolute Gasteiger partial charge is 1.00 e. The van der Waals surface area contributed by atoms with Crippen LogP contribution < -0.4 is 29.6 Å². The Labute approximate surface area is 102 Å². The summed E-state index contributed by atoms with van der Waals surface area (Å²) in [5, 5.41) is 8.91. The SMILES string of the molecule is CCCOC(C(C)O)S(=O)(=O)O.[H-].[Na+]. The molecule has 0 aromatic carbocycles. The number of hydrogen-bond donors (Lipinski definition) is 2. The second-order valence-electron chi connectivity index (χ2n) is 2.49. The summed E-state index contributed by atoms with van der Waals surface area (Å²) in [4.78, 5) is 0. The van der Waals surface area contributed by atoms with E-state index in [9.17, 15) is 8.42 Å². The van der Waals surface area contributed by atoms with Gasteiger partial charge in [-0.1, -0.05) is 6.92 Å². The van der Waals surface area contributed by atoms with Gasteiger partial charge < -0.3 is 11.3 Å². The summed E-state index contributed by atoms with van der Waals surface area (Å²) in [7, 11) is -4.31. The van der Waals surface area contributed by atoms with Crippen LogP contribution in [0.4, 0.5) is 0 Å². The molecule has 0 aromatic heterocycles. The van der Waals surface area contributed by atoms with E-state index in [1.807, 2.05) is 0 Å². The fourth-order valence-electron chi connectivity index (χ4n) is 0.708. The van der Waals surface area contributed by atoms with Crippen LogP contribution in [0.2, 0.25) is 0 Å². The van der Waals surface area contributed by atoms with E-state index in [2.05, 4.69) is 0 Å². The molecule has 0 aromatic rings. The van der Waals surface area contributed by atoms with E-state index >= 15 is 0 Å². The van der Waals surface area contributed by atoms with Crippen molar-refractivity contribution in [1.82, 2.24) is 0 Å². The van der Waals surface area contributed by atoms with Crippen molar-refractivity contribution >= 4 is 10.1 Å². The topological polar surface area (TPSA) is 83.8 Å². The molecule has 0 rings (SSSR count). The Kier molecular flexibility index (Phi) is 8.97. The molecule has 0 radical (unpaired) electrons. The van der Waals surface area contributed by atoms with E-state index in [4.69, 9.17) is 14.4 Å². The second-order valence-corrected chi connectivity index (χ2v) is 3.99. The van der Waals surface area contributed by atoms with Gasteiger partial charge in [0.1, 0.15) is 0 Å². The zero-order chi connectivity index (χ0) is 9.78. The maximum atomic E-state index is 10.5. The zero-order valence-corrected chi connectivity index (χ0v) is 10.9. The maximum absolute atomic E-state index is 10.5. The molecule has 7 heteroatoms. The molecule has 0 saturated carbocycles. The van der Waals surface area contributed by atoms with E-state index in [-0.39, 0.29) is 37.6 Å². The first-order valence-electron chi connectivity index (χ1n) is 3.65. The fourth-order valence-corrected chi connectivity index (χ4v) is 1.47. The van der Waals surface area contributed by atoms with Crippen molar-refractivity contribution < 1.29 is 53.8 Å². The molecular weight excluding hydrogens is 207 g/mol. The molecule has 2 atom stereocenters. The molecule has 0 aliphatic carbocycles. The van der Waals surface area contributed by atoms with Gasteiger partial charge in [0, 0.05) is 6.61 Å². The van der Waals surface area contributed by atoms with Gasteiger partial charge >= 0.3 is 29.6 Å². The Morgan fingerprint density at radius 1 is 1.54 bits per heavy atom. The van der Waals surface area contributed by atoms with Gasteiger partial charge in [-0.3, -0.25) is 4.55 Å². The molecule has 0 aliphatic rings. The summed E-state index contributed by atoms with van der Waals surface area (Å²) in [6.45, 7) is 3.23. The van der Waals surface area contributed by atoms with Crippen LogP contribution in [0.1, 0.15) is 21.7 Å². The molecule has 0 fully saturated rings. The van der Waals surface area contributed by atoms with Gasteiger partial charge in [-0.05, 0) is 13.3 Å². The van der Waals surface area contributed by atoms with Crippen LogP contribution in [0, 0.1) is 0 Å². The van der Waals surface area contributed by atoms with Crippen LogP contribution >= 0.6 is 0 Å². The molecule has 0 bridgehead atoms. The minimum Gasteiger partial charge on any atom is -1.00 e. The molecular formula is C6H15NaO5S. The van der Waals surface area contributed by atoms with Crippen LogP contribution in [0.5, 0.6) is 0 Å². The van der Waals surface area contributed by atoms with Gasteiger partial charge in [-0.25, -0.2) is 0 Å². The second kappa shape index (κ2) is 7.17. The molecule has 76 valence electrons. The molecule has 2 N–H and O–H groups in total. The van der Waals surface area contributed by atoms with Crippen molar-refractivity contribution in [3.63, 3.8) is 0 Å². The first-order valence-corrected chi connectivity index (χ1v) is 5.16. The molecule has 0 amide bonds. The Bertz CT molecular complexity index is 218. The fraction of sp³-hybridized carbons (Fsp3) is 1.00. The third-order valence-electron chi connectivity index (χ3n) is 1.17. The predicted octanol–water partition coefficient (Wildman–Crippen LogP) is -2.88. The first kappa shape index (κ1) is 16.3. The van der Waals surface area contributed by atoms with Gasteiger partial charge in [-0.15, -0.1) is 0 Å². The van der Waals surface area contributed by atoms with Crippen molar-refractivity contribution in [3.8, 4) is 0 Å². The number of rotatable bonds is 5. The van der Waals surface area contributed by atoms with Gasteiger partial charge in [0.05, 0.1) is 6.10 Å². The van der Waals surface area contributed by atoms with Crippen LogP contribution in [0.15, 0.2) is 0 Å². The Morgan fingerprint density at radius 2 is 2.00 bits per heavy atom. The van der Waals surface area contributed by atoms with E-state index in [1.165, 1.54) is 6.92 Å². The number of aliphatic hydroxyl groups is 1. The molecule has 5 nitrogen and oxygen atoms in total. The summed E-state index contributed by atoms with van der Waals surface area (Å²) in [6.07, 6.45) is -0.606. The van der Waals surface area contributed by atoms with Crippen LogP contribution in [-0.2, 0) is 14.9 Å². The number of ether oxygens (including phenoxy) is 1. The summed E-state index contributed by atoms with van der Waals surface area (Å²) in [5.74, 6) is 0. The molecule has 0 aliphatic heterocycles. The Morgan fingerprint density at radius 3 is 2.23 bits per heavy atom. The summed E-state index contributed by atoms with van der Waals surface area (Å²) in [5.41, 5.74) is -1.53. The van der Waals surface area contributed by atoms with Gasteiger partial charge in [0.15, 0.2) is 0 Å². The normalized spacial score (nSPS) is 16.0. The predicted molar refractivity (Wildman–Crippen MR) is 44.4 cm³/mol. The van der Waals surface area contributed by atoms with Crippen molar-refractivity contribution in [1.29, 1.82) is 0 Å². The van der Waals surface area contributed by atoms with Gasteiger partial charge in [0.2, 0.25) is 5.44 Å². The Hall–Kier alpha value is 0.830. The average Bonchev–Trinajstić information content (AvgIpc) is 1.84. The van der Waals surface area contributed by atoms with Gasteiger partial charge in [-0.2, -0.15) is 8.42 Å². The van der Waals surface area contributed by atoms with Crippen LogP contribution in [-0.4, -0.2) is 36.2 Å². The third-order valence-corrected chi connectivity index (χ3v) is 2.29. The van der Waals surface area contributed by atoms with E-state index in [0.29, 0.717) is 6.42 Å². The summed E-state index contributed by atoms with van der Waals surface area (Å²) >= 11 is 0. The molecule has 0 spiro atoms. The van der Waals surface area contributed by atoms with Crippen molar-refractivity contribution in [3.05, 3.63) is 0 Å². The Balaban J connectivity index is -0.000000605. The maximum Gasteiger partial charge on any atom is 1.00 e. The van der Waals surface area contributed by atoms with Crippen LogP contribution in [0.3, 0.4) is 0 Å². The largest absolute Gasteiger partial charge is 1.00 e. The standard InChI is InChI=1S/C6H14O5S.Na.H/c1-3-4-11-6(5(2)7)12(8,9)10;;/h5-7H,3-4H2,1-2H3,(H,8,9,10);;/q;+1;-1. The molecule has 0 saturated heterocycles. The quantitative estimate of drug-likeness (QED) is 0.386. The van der Waals surface area contributed by atoms with Crippen molar-refractivity contribution in [2.45, 2.75) is 31.8 Å². The molecule has 2 unspecified atom stereocenters. The minimum atomic E-state index is -4.31. The summed E-state index contributed by atoms with van der Waals surface area (Å²) < 4.78 is 34.4. The number of hydrogen-bond acceptors (Lipinski definition) is 4. The number of aliphatic hydroxyl groups excluding tert-OH is 1. The van der Waals surface area contributed by atoms with E-state index in [0.717, 1.165) is 0 Å². The zero-order valence-electron chi connectivity index (χ0n) is 9.10. The molecule has 13 heavy (non-hydrogen) atoms. The monoisotopic (exact) mass is 222 g/mol. The average molecular weight is 222 g/mol. The summed E-state index contributed by atoms with van der Waals surface area (Å²) in [6, 6.07) is 0. The molecule has 0 heterocycles. The van der Waals surface area contributed by atoms with Crippen LogP contribution in [0.25, 0.3) is 0 Å². The minimum absolute atomic E-state index is 0. The van der Waals surface area contributed by atoms with E-state index < -0.39 is 21.7 Å². The van der Waals surface area contributed by atoms with Gasteiger partial charge in [0.25, 0.3) is 10.1 Å². The van der Waals surface area contributed by atoms with Crippen molar-refractivity contribution in [2.75, 3.05) is 6.61 Å². The van der Waals surface area contributed by atoms with E-state index in [1.54, 1.807) is 6.92 Å². The third kappa shape index (κ3) is 6.84.